The fraction of sp³-hybridized carbons (Fsp3) is 0.333. The van der Waals surface area contributed by atoms with E-state index in [0.717, 1.165) is 0 Å². The lowest BCUT2D eigenvalue weighted by atomic mass is 9.90. The molecule has 17 heavy (non-hydrogen) atoms. The van der Waals surface area contributed by atoms with E-state index in [-0.39, 0.29) is 17.4 Å². The van der Waals surface area contributed by atoms with Crippen LogP contribution in [0.1, 0.15) is 25.3 Å². The van der Waals surface area contributed by atoms with Crippen molar-refractivity contribution in [1.29, 1.82) is 5.26 Å². The third-order valence-corrected chi connectivity index (χ3v) is 2.42. The number of benzene rings is 1. The first-order valence-electron chi connectivity index (χ1n) is 5.15. The second kappa shape index (κ2) is 5.21. The number of hydrogen-bond acceptors (Lipinski definition) is 4. The standard InChI is InChI=1S/C12H12N2O3/c1-8(2)12(15)11(7-13)9-3-5-10(6-4-9)14(16)17/h3-6,8,11H,1-2H3/t11-/m0/s1. The second-order valence-electron chi connectivity index (χ2n) is 3.97. The molecule has 1 aromatic rings. The molecule has 0 aromatic heterocycles. The van der Waals surface area contributed by atoms with Crippen molar-refractivity contribution in [3.05, 3.63) is 39.9 Å². The molecule has 0 aliphatic carbocycles. The number of carbonyl (C=O) groups is 1. The van der Waals surface area contributed by atoms with Crippen molar-refractivity contribution in [2.75, 3.05) is 0 Å². The van der Waals surface area contributed by atoms with Crippen LogP contribution >= 0.6 is 0 Å². The van der Waals surface area contributed by atoms with E-state index in [9.17, 15) is 14.9 Å². The van der Waals surface area contributed by atoms with E-state index in [2.05, 4.69) is 0 Å². The van der Waals surface area contributed by atoms with Crippen molar-refractivity contribution in [2.24, 2.45) is 5.92 Å². The molecule has 0 saturated carbocycles. The Hall–Kier alpha value is -2.22. The Morgan fingerprint density at radius 1 is 1.35 bits per heavy atom. The lowest BCUT2D eigenvalue weighted by molar-refractivity contribution is -0.384. The summed E-state index contributed by atoms with van der Waals surface area (Å²) in [5.41, 5.74) is 0.444. The number of hydrogen-bond donors (Lipinski definition) is 0. The van der Waals surface area contributed by atoms with Gasteiger partial charge in [-0.3, -0.25) is 14.9 Å². The van der Waals surface area contributed by atoms with Crippen molar-refractivity contribution in [1.82, 2.24) is 0 Å². The number of ketones is 1. The monoisotopic (exact) mass is 232 g/mol. The summed E-state index contributed by atoms with van der Waals surface area (Å²) >= 11 is 0. The summed E-state index contributed by atoms with van der Waals surface area (Å²) in [6, 6.07) is 7.43. The Labute approximate surface area is 98.8 Å². The molecular weight excluding hydrogens is 220 g/mol. The van der Waals surface area contributed by atoms with Gasteiger partial charge in [0, 0.05) is 18.1 Å². The van der Waals surface area contributed by atoms with Crippen LogP contribution in [0.3, 0.4) is 0 Å². The molecular formula is C12H12N2O3. The third kappa shape index (κ3) is 2.88. The molecule has 1 aromatic carbocycles. The number of carbonyl (C=O) groups excluding carboxylic acids is 1. The molecule has 0 fully saturated rings. The maximum atomic E-state index is 11.7. The van der Waals surface area contributed by atoms with Gasteiger partial charge in [0.15, 0.2) is 5.78 Å². The molecule has 0 saturated heterocycles. The zero-order valence-electron chi connectivity index (χ0n) is 9.58. The Balaban J connectivity index is 3.03. The summed E-state index contributed by atoms with van der Waals surface area (Å²) in [6.07, 6.45) is 0. The van der Waals surface area contributed by atoms with Crippen LogP contribution < -0.4 is 0 Å². The van der Waals surface area contributed by atoms with Gasteiger partial charge in [-0.25, -0.2) is 0 Å². The highest BCUT2D eigenvalue weighted by Gasteiger charge is 2.23. The number of Topliss-reactive ketones (excluding diaryl/α,β-unsaturated/α-hetero) is 1. The van der Waals surface area contributed by atoms with Gasteiger partial charge in [0.25, 0.3) is 5.69 Å². The first-order valence-corrected chi connectivity index (χ1v) is 5.15. The van der Waals surface area contributed by atoms with Crippen LogP contribution in [0.5, 0.6) is 0 Å². The maximum Gasteiger partial charge on any atom is 0.269 e. The van der Waals surface area contributed by atoms with Crippen molar-refractivity contribution in [3.63, 3.8) is 0 Å². The minimum atomic E-state index is -0.851. The number of nitro groups is 1. The molecule has 1 atom stereocenters. The average Bonchev–Trinajstić information content (AvgIpc) is 2.30. The fourth-order valence-electron chi connectivity index (χ4n) is 1.42. The van der Waals surface area contributed by atoms with E-state index >= 15 is 0 Å². The van der Waals surface area contributed by atoms with Gasteiger partial charge in [-0.15, -0.1) is 0 Å². The minimum Gasteiger partial charge on any atom is -0.298 e. The Bertz CT molecular complexity index is 472. The van der Waals surface area contributed by atoms with Crippen LogP contribution in [0.2, 0.25) is 0 Å². The van der Waals surface area contributed by atoms with Crippen molar-refractivity contribution in [2.45, 2.75) is 19.8 Å². The number of nitrogens with zero attached hydrogens (tertiary/aromatic N) is 2. The molecule has 0 aliphatic rings. The minimum absolute atomic E-state index is 0.0533. The summed E-state index contributed by atoms with van der Waals surface area (Å²) in [7, 11) is 0. The van der Waals surface area contributed by atoms with Crippen LogP contribution in [0, 0.1) is 27.4 Å². The summed E-state index contributed by atoms with van der Waals surface area (Å²) in [5, 5.41) is 19.4. The maximum absolute atomic E-state index is 11.7. The second-order valence-corrected chi connectivity index (χ2v) is 3.97. The molecule has 0 bridgehead atoms. The van der Waals surface area contributed by atoms with Gasteiger partial charge in [0.2, 0.25) is 0 Å². The average molecular weight is 232 g/mol. The summed E-state index contributed by atoms with van der Waals surface area (Å²) in [6.45, 7) is 3.44. The predicted octanol–water partition coefficient (Wildman–Crippen LogP) is 2.43. The van der Waals surface area contributed by atoms with E-state index in [1.54, 1.807) is 13.8 Å². The number of nitriles is 1. The molecule has 0 spiro atoms. The summed E-state index contributed by atoms with van der Waals surface area (Å²) in [4.78, 5) is 21.7. The topological polar surface area (TPSA) is 84.0 Å². The molecule has 88 valence electrons. The first-order chi connectivity index (χ1) is 7.97. The lowest BCUT2D eigenvalue weighted by Crippen LogP contribution is -2.16. The normalized spacial score (nSPS) is 11.9. The van der Waals surface area contributed by atoms with E-state index in [1.165, 1.54) is 24.3 Å². The van der Waals surface area contributed by atoms with E-state index < -0.39 is 10.8 Å². The summed E-state index contributed by atoms with van der Waals surface area (Å²) in [5.74, 6) is -1.27. The lowest BCUT2D eigenvalue weighted by Gasteiger charge is -2.10. The molecule has 1 rings (SSSR count). The molecule has 0 radical (unpaired) electrons. The Kier molecular flexibility index (Phi) is 3.94. The SMILES string of the molecule is CC(C)C(=O)[C@@H](C#N)c1ccc([N+](=O)[O-])cc1. The van der Waals surface area contributed by atoms with Gasteiger partial charge < -0.3 is 0 Å². The predicted molar refractivity (Wildman–Crippen MR) is 61.3 cm³/mol. The molecule has 0 aliphatic heterocycles. The van der Waals surface area contributed by atoms with Crippen LogP contribution in [-0.4, -0.2) is 10.7 Å². The zero-order valence-corrected chi connectivity index (χ0v) is 9.58. The van der Waals surface area contributed by atoms with Crippen LogP contribution in [0.15, 0.2) is 24.3 Å². The third-order valence-electron chi connectivity index (χ3n) is 2.42. The highest BCUT2D eigenvalue weighted by atomic mass is 16.6. The van der Waals surface area contributed by atoms with Crippen molar-refractivity contribution < 1.29 is 9.72 Å². The van der Waals surface area contributed by atoms with Crippen LogP contribution in [0.4, 0.5) is 5.69 Å². The number of rotatable bonds is 4. The van der Waals surface area contributed by atoms with Gasteiger partial charge >= 0.3 is 0 Å². The quantitative estimate of drug-likeness (QED) is 0.589. The van der Waals surface area contributed by atoms with Crippen LogP contribution in [0.25, 0.3) is 0 Å². The van der Waals surface area contributed by atoms with E-state index in [1.807, 2.05) is 6.07 Å². The van der Waals surface area contributed by atoms with Crippen molar-refractivity contribution in [3.8, 4) is 6.07 Å². The van der Waals surface area contributed by atoms with Crippen molar-refractivity contribution >= 4 is 11.5 Å². The largest absolute Gasteiger partial charge is 0.298 e. The molecule has 5 nitrogen and oxygen atoms in total. The van der Waals surface area contributed by atoms with E-state index in [4.69, 9.17) is 5.26 Å². The first kappa shape index (κ1) is 12.8. The Morgan fingerprint density at radius 2 is 1.88 bits per heavy atom. The molecule has 0 N–H and O–H groups in total. The Morgan fingerprint density at radius 3 is 2.24 bits per heavy atom. The van der Waals surface area contributed by atoms with Gasteiger partial charge in [0.1, 0.15) is 5.92 Å². The summed E-state index contributed by atoms with van der Waals surface area (Å²) < 4.78 is 0. The van der Waals surface area contributed by atoms with Gasteiger partial charge in [-0.1, -0.05) is 26.0 Å². The zero-order chi connectivity index (χ0) is 13.0. The number of non-ortho nitro benzene ring substituents is 1. The molecule has 0 unspecified atom stereocenters. The fourth-order valence-corrected chi connectivity index (χ4v) is 1.42. The van der Waals surface area contributed by atoms with Gasteiger partial charge in [-0.2, -0.15) is 5.26 Å². The van der Waals surface area contributed by atoms with Gasteiger partial charge in [0.05, 0.1) is 11.0 Å². The van der Waals surface area contributed by atoms with Gasteiger partial charge in [-0.05, 0) is 5.56 Å². The molecule has 0 amide bonds. The molecule has 5 heteroatoms. The highest BCUT2D eigenvalue weighted by molar-refractivity contribution is 5.89. The molecule has 0 heterocycles. The smallest absolute Gasteiger partial charge is 0.269 e. The highest BCUT2D eigenvalue weighted by Crippen LogP contribution is 2.22. The number of nitro benzene ring substituents is 1. The van der Waals surface area contributed by atoms with Crippen LogP contribution in [-0.2, 0) is 4.79 Å². The van der Waals surface area contributed by atoms with E-state index in [0.29, 0.717) is 5.56 Å².